The van der Waals surface area contributed by atoms with E-state index in [1.165, 1.54) is 218 Å². The quantitative estimate of drug-likeness (QED) is 0.106. The van der Waals surface area contributed by atoms with Crippen molar-refractivity contribution in [3.8, 4) is 0 Å². The highest BCUT2D eigenvalue weighted by atomic mass is 14.3. The minimum absolute atomic E-state index is 1.43. The van der Waals surface area contributed by atoms with Crippen LogP contribution in [0.25, 0.3) is 64.6 Å². The third kappa shape index (κ3) is 3.73. The van der Waals surface area contributed by atoms with Gasteiger partial charge in [0.15, 0.2) is 0 Å². The van der Waals surface area contributed by atoms with E-state index in [9.17, 15) is 0 Å². The molecule has 0 aromatic heterocycles. The summed E-state index contributed by atoms with van der Waals surface area (Å²) in [6.07, 6.45) is 0. The van der Waals surface area contributed by atoms with Crippen LogP contribution in [0.1, 0.15) is 111 Å². The van der Waals surface area contributed by atoms with Crippen molar-refractivity contribution < 1.29 is 0 Å². The summed E-state index contributed by atoms with van der Waals surface area (Å²) in [6, 6.07) is 0. The van der Waals surface area contributed by atoms with Gasteiger partial charge in [-0.15, -0.1) is 0 Å². The zero-order valence-corrected chi connectivity index (χ0v) is 40.0. The molecule has 0 N–H and O–H groups in total. The normalized spacial score (nSPS) is 13.0. The Bertz CT molecular complexity index is 3630. The second-order valence-electron chi connectivity index (χ2n) is 20.0. The van der Waals surface area contributed by atoms with E-state index in [1.54, 1.807) is 0 Å². The summed E-state index contributed by atoms with van der Waals surface area (Å²) in [7, 11) is 0. The van der Waals surface area contributed by atoms with Gasteiger partial charge in [0.2, 0.25) is 0 Å². The molecule has 0 bridgehead atoms. The third-order valence-electron chi connectivity index (χ3n) is 18.1. The van der Waals surface area contributed by atoms with Gasteiger partial charge in [0.1, 0.15) is 0 Å². The topological polar surface area (TPSA) is 0 Å². The maximum absolute atomic E-state index is 2.45. The van der Waals surface area contributed by atoms with Crippen LogP contribution >= 0.6 is 0 Å². The Morgan fingerprint density at radius 2 is 0.267 bits per heavy atom. The Balaban J connectivity index is 1.55. The summed E-state index contributed by atoms with van der Waals surface area (Å²) in [5.41, 5.74) is 28.9. The van der Waals surface area contributed by atoms with Crippen LogP contribution in [-0.2, 0) is 0 Å². The summed E-state index contributed by atoms with van der Waals surface area (Å²) in [5.74, 6) is 0. The average molecular weight is 781 g/mol. The third-order valence-corrected chi connectivity index (χ3v) is 18.1. The van der Waals surface area contributed by atoms with Crippen molar-refractivity contribution in [3.05, 3.63) is 153 Å². The zero-order valence-electron chi connectivity index (χ0n) is 40.0. The van der Waals surface area contributed by atoms with Crippen LogP contribution in [0.5, 0.6) is 0 Å². The summed E-state index contributed by atoms with van der Waals surface area (Å²) in [5, 5.41) is 29.7. The van der Waals surface area contributed by atoms with E-state index in [4.69, 9.17) is 0 Å². The van der Waals surface area contributed by atoms with Crippen molar-refractivity contribution in [2.45, 2.75) is 138 Å². The van der Waals surface area contributed by atoms with Crippen molar-refractivity contribution in [3.63, 3.8) is 0 Å². The van der Waals surface area contributed by atoms with Crippen molar-refractivity contribution >= 4 is 64.6 Å². The average Bonchev–Trinajstić information content (AvgIpc) is 3.78. The van der Waals surface area contributed by atoms with E-state index < -0.39 is 0 Å². The number of fused-ring (bicyclic) bond motifs is 6. The lowest BCUT2D eigenvalue weighted by molar-refractivity contribution is 1.22. The van der Waals surface area contributed by atoms with Gasteiger partial charge >= 0.3 is 0 Å². The van der Waals surface area contributed by atoms with E-state index in [0.717, 1.165) is 0 Å². The maximum Gasteiger partial charge on any atom is -0.000793 e. The molecule has 0 heterocycles. The second kappa shape index (κ2) is 11.4. The highest BCUT2D eigenvalue weighted by Gasteiger charge is 2.30. The van der Waals surface area contributed by atoms with Crippen molar-refractivity contribution in [1.82, 2.24) is 0 Å². The van der Waals surface area contributed by atoms with Crippen LogP contribution in [0.2, 0.25) is 0 Å². The first kappa shape index (κ1) is 37.8. The molecule has 0 amide bonds. The molecular formula is C60H60. The Labute approximate surface area is 354 Å². The first-order chi connectivity index (χ1) is 28.2. The lowest BCUT2D eigenvalue weighted by Gasteiger charge is -2.25. The smallest absolute Gasteiger partial charge is 0.000793 e. The highest BCUT2D eigenvalue weighted by Crippen LogP contribution is 2.52. The first-order valence-electron chi connectivity index (χ1n) is 22.5. The molecule has 0 unspecified atom stereocenters. The maximum atomic E-state index is 2.45. The molecule has 0 atom stereocenters. The fraction of sp³-hybridized carbons (Fsp3) is 0.333. The van der Waals surface area contributed by atoms with E-state index in [2.05, 4.69) is 138 Å². The zero-order chi connectivity index (χ0) is 43.1. The number of hydrogen-bond acceptors (Lipinski definition) is 0. The van der Waals surface area contributed by atoms with Crippen LogP contribution in [0.3, 0.4) is 0 Å². The van der Waals surface area contributed by atoms with Gasteiger partial charge in [0, 0.05) is 0 Å². The van der Waals surface area contributed by atoms with Crippen LogP contribution in [-0.4, -0.2) is 0 Å². The molecule has 9 aromatic carbocycles. The van der Waals surface area contributed by atoms with Gasteiger partial charge in [-0.2, -0.15) is 0 Å². The van der Waals surface area contributed by atoms with Gasteiger partial charge in [0.25, 0.3) is 0 Å². The van der Waals surface area contributed by atoms with E-state index in [0.29, 0.717) is 0 Å². The molecule has 0 nitrogen and oxygen atoms in total. The van der Waals surface area contributed by atoms with Gasteiger partial charge in [0.05, 0.1) is 0 Å². The van der Waals surface area contributed by atoms with E-state index in [1.807, 2.05) is 0 Å². The molecule has 0 fully saturated rings. The van der Waals surface area contributed by atoms with E-state index in [-0.39, 0.29) is 0 Å². The molecule has 0 spiro atoms. The minimum atomic E-state index is 1.43. The Hall–Kier alpha value is -5.20. The highest BCUT2D eigenvalue weighted by molar-refractivity contribution is 6.36. The summed E-state index contributed by atoms with van der Waals surface area (Å²) in [4.78, 5) is 0. The van der Waals surface area contributed by atoms with Gasteiger partial charge in [-0.1, -0.05) is 0 Å². The van der Waals surface area contributed by atoms with Crippen LogP contribution < -0.4 is 0 Å². The fourth-order valence-corrected chi connectivity index (χ4v) is 14.0. The molecule has 0 aliphatic heterocycles. The summed E-state index contributed by atoms with van der Waals surface area (Å²) in [6.45, 7) is 48.1. The largest absolute Gasteiger partial charge is 0.0444 e. The summed E-state index contributed by atoms with van der Waals surface area (Å²) < 4.78 is 0. The molecule has 2 aliphatic rings. The molecule has 0 heteroatoms. The first-order valence-corrected chi connectivity index (χ1v) is 22.5. The molecule has 0 radical (unpaired) electrons. The van der Waals surface area contributed by atoms with Crippen molar-refractivity contribution in [2.24, 2.45) is 0 Å². The molecule has 60 heavy (non-hydrogen) atoms. The van der Waals surface area contributed by atoms with Crippen LogP contribution in [0, 0.1) is 180 Å². The molecule has 9 aromatic rings. The second-order valence-corrected chi connectivity index (χ2v) is 20.0. The van der Waals surface area contributed by atoms with Crippen molar-refractivity contribution in [1.29, 1.82) is 0 Å². The van der Waals surface area contributed by atoms with Gasteiger partial charge in [-0.05, 0) is 356 Å². The van der Waals surface area contributed by atoms with Gasteiger partial charge in [-0.3, -0.25) is 0 Å². The Kier molecular flexibility index (Phi) is 7.16. The van der Waals surface area contributed by atoms with Crippen LogP contribution in [0.4, 0.5) is 0 Å². The van der Waals surface area contributed by atoms with Gasteiger partial charge in [-0.25, -0.2) is 0 Å². The number of aryl methyl sites for hydroxylation is 12. The molecule has 0 saturated carbocycles. The molecule has 300 valence electrons. The summed E-state index contributed by atoms with van der Waals surface area (Å²) >= 11 is 0. The molecular weight excluding hydrogens is 721 g/mol. The van der Waals surface area contributed by atoms with Crippen molar-refractivity contribution in [2.75, 3.05) is 0 Å². The fourth-order valence-electron chi connectivity index (χ4n) is 14.0. The Morgan fingerprint density at radius 3 is 0.450 bits per heavy atom. The predicted molar refractivity (Wildman–Crippen MR) is 261 cm³/mol. The molecule has 11 rings (SSSR count). The molecule has 0 saturated heterocycles. The molecule has 2 aliphatic carbocycles. The SMILES string of the molecule is Cc1c(C)c(C)c2c(C)c3c(c(C)c2c1C)=c1c(C)c(C)c2c4c(C)c(C)c5c6c(c(C)c(C)c(c7c(C)c(C)c=3c1c27)c64)=c1c(C)c2c(C)c(C)c(C)c(C)c2c(C)c1=5. The monoisotopic (exact) mass is 780 g/mol. The van der Waals surface area contributed by atoms with Gasteiger partial charge < -0.3 is 0 Å². The standard InChI is InChI=1S/C60H60/c1-21-22(2)26(6)42-38(18)54-50-34(14)30(10)46-48-32(12)36(16)52-56-40(20)44-28(8)24(4)23(3)27(7)43(44)39(19)55(56)51-35(15)31(11)47(58(48)60(51)52)45-29(9)33(13)49(59(50)57(45)46)53(54)37(17)41(42)25(21)5/h1-20H3. The number of hydrogen-bond donors (Lipinski definition) is 0. The number of rotatable bonds is 0. The Morgan fingerprint density at radius 1 is 0.100 bits per heavy atom. The predicted octanol–water partition coefficient (Wildman–Crippen LogP) is 16.0. The lowest BCUT2D eigenvalue weighted by atomic mass is 9.78. The van der Waals surface area contributed by atoms with E-state index >= 15 is 0 Å². The number of benzene rings is 9. The minimum Gasteiger partial charge on any atom is -0.0444 e. The van der Waals surface area contributed by atoms with Crippen LogP contribution in [0.15, 0.2) is 0 Å². The lowest BCUT2D eigenvalue weighted by Crippen LogP contribution is -2.02.